The van der Waals surface area contributed by atoms with Crippen LogP contribution in [-0.4, -0.2) is 35.7 Å². The monoisotopic (exact) mass is 420 g/mol. The second-order valence-electron chi connectivity index (χ2n) is 5.92. The van der Waals surface area contributed by atoms with E-state index in [-0.39, 0.29) is 5.91 Å². The molecule has 0 radical (unpaired) electrons. The summed E-state index contributed by atoms with van der Waals surface area (Å²) < 4.78 is 14.2. The number of benzene rings is 2. The Bertz CT molecular complexity index is 1070. The number of amides is 1. The van der Waals surface area contributed by atoms with Gasteiger partial charge in [0.05, 0.1) is 10.2 Å². The Kier molecular flexibility index (Phi) is 5.43. The molecule has 1 aromatic heterocycles. The molecular weight excluding hydrogens is 404 g/mol. The molecule has 0 N–H and O–H groups in total. The third-order valence-electron chi connectivity index (χ3n) is 4.15. The summed E-state index contributed by atoms with van der Waals surface area (Å²) in [4.78, 5) is 17.8. The van der Waals surface area contributed by atoms with Gasteiger partial charge in [-0.3, -0.25) is 4.79 Å². The minimum absolute atomic E-state index is 0.303. The molecule has 0 bridgehead atoms. The van der Waals surface area contributed by atoms with Crippen molar-refractivity contribution >= 4 is 50.8 Å². The van der Waals surface area contributed by atoms with E-state index in [0.29, 0.717) is 40.1 Å². The predicted molar refractivity (Wildman–Crippen MR) is 111 cm³/mol. The molecule has 4 rings (SSSR count). The van der Waals surface area contributed by atoms with Crippen molar-refractivity contribution in [3.05, 3.63) is 51.8 Å². The molecular formula is C19H17ClN2O3S2. The zero-order chi connectivity index (χ0) is 18.8. The Labute approximate surface area is 169 Å². The van der Waals surface area contributed by atoms with Gasteiger partial charge in [-0.25, -0.2) is 0 Å². The van der Waals surface area contributed by atoms with Crippen molar-refractivity contribution < 1.29 is 14.3 Å². The van der Waals surface area contributed by atoms with Crippen molar-refractivity contribution in [3.8, 4) is 11.5 Å². The van der Waals surface area contributed by atoms with Crippen molar-refractivity contribution in [1.29, 1.82) is 0 Å². The van der Waals surface area contributed by atoms with E-state index in [1.807, 2.05) is 18.2 Å². The number of nitrogens with zero attached hydrogens (tertiary/aromatic N) is 2. The van der Waals surface area contributed by atoms with Gasteiger partial charge in [0.1, 0.15) is 13.2 Å². The van der Waals surface area contributed by atoms with E-state index < -0.39 is 0 Å². The van der Waals surface area contributed by atoms with Crippen LogP contribution in [0.25, 0.3) is 10.2 Å². The van der Waals surface area contributed by atoms with Crippen molar-refractivity contribution in [2.24, 2.45) is 4.99 Å². The standard InChI is InChI=1S/C19H17ClN2O3S2/c1-26-9-6-22-14-4-3-13(20)11-17(14)27-19(22)21-18(23)12-2-5-15-16(10-12)25-8-7-24-15/h2-5,10-11H,6-9H2,1H3. The molecule has 3 aromatic rings. The Balaban J connectivity index is 1.76. The first-order chi connectivity index (χ1) is 13.2. The van der Waals surface area contributed by atoms with Gasteiger partial charge in [0.15, 0.2) is 16.3 Å². The largest absolute Gasteiger partial charge is 0.486 e. The van der Waals surface area contributed by atoms with Crippen LogP contribution in [0.1, 0.15) is 10.4 Å². The topological polar surface area (TPSA) is 52.8 Å². The fourth-order valence-corrected chi connectivity index (χ4v) is 4.55. The number of hydrogen-bond acceptors (Lipinski definition) is 5. The Hall–Kier alpha value is -1.96. The zero-order valence-electron chi connectivity index (χ0n) is 14.6. The Morgan fingerprint density at radius 2 is 2.04 bits per heavy atom. The lowest BCUT2D eigenvalue weighted by Gasteiger charge is -2.18. The van der Waals surface area contributed by atoms with Crippen LogP contribution in [-0.2, 0) is 6.54 Å². The molecule has 5 nitrogen and oxygen atoms in total. The molecule has 1 aliphatic rings. The number of rotatable bonds is 4. The average Bonchev–Trinajstić information content (AvgIpc) is 3.01. The Morgan fingerprint density at radius 3 is 2.85 bits per heavy atom. The average molecular weight is 421 g/mol. The van der Waals surface area contributed by atoms with Gasteiger partial charge >= 0.3 is 0 Å². The van der Waals surface area contributed by atoms with Crippen molar-refractivity contribution in [2.75, 3.05) is 25.2 Å². The summed E-state index contributed by atoms with van der Waals surface area (Å²) in [5.74, 6) is 1.87. The summed E-state index contributed by atoms with van der Waals surface area (Å²) in [7, 11) is 0. The minimum Gasteiger partial charge on any atom is -0.486 e. The molecule has 0 fully saturated rings. The highest BCUT2D eigenvalue weighted by atomic mass is 35.5. The number of aryl methyl sites for hydroxylation is 1. The van der Waals surface area contributed by atoms with Crippen LogP contribution in [0.4, 0.5) is 0 Å². The molecule has 2 aromatic carbocycles. The number of hydrogen-bond donors (Lipinski definition) is 0. The highest BCUT2D eigenvalue weighted by Crippen LogP contribution is 2.31. The van der Waals surface area contributed by atoms with E-state index in [1.54, 1.807) is 30.0 Å². The van der Waals surface area contributed by atoms with Crippen LogP contribution in [0.2, 0.25) is 5.02 Å². The first-order valence-electron chi connectivity index (χ1n) is 8.42. The number of carbonyl (C=O) groups is 1. The number of halogens is 1. The van der Waals surface area contributed by atoms with Gasteiger partial charge in [-0.15, -0.1) is 0 Å². The van der Waals surface area contributed by atoms with E-state index in [9.17, 15) is 4.79 Å². The van der Waals surface area contributed by atoms with E-state index in [2.05, 4.69) is 15.8 Å². The summed E-state index contributed by atoms with van der Waals surface area (Å²) in [5.41, 5.74) is 1.51. The molecule has 27 heavy (non-hydrogen) atoms. The quantitative estimate of drug-likeness (QED) is 0.633. The lowest BCUT2D eigenvalue weighted by molar-refractivity contribution is 0.0996. The van der Waals surface area contributed by atoms with E-state index in [0.717, 1.165) is 22.5 Å². The second-order valence-corrected chi connectivity index (χ2v) is 8.35. The maximum Gasteiger partial charge on any atom is 0.279 e. The highest BCUT2D eigenvalue weighted by Gasteiger charge is 2.15. The van der Waals surface area contributed by atoms with E-state index >= 15 is 0 Å². The first-order valence-corrected chi connectivity index (χ1v) is 11.0. The number of ether oxygens (including phenoxy) is 2. The predicted octanol–water partition coefficient (Wildman–Crippen LogP) is 4.23. The molecule has 140 valence electrons. The molecule has 0 saturated heterocycles. The molecule has 0 unspecified atom stereocenters. The summed E-state index contributed by atoms with van der Waals surface area (Å²) in [6.45, 7) is 1.77. The van der Waals surface area contributed by atoms with Crippen LogP contribution in [0, 0.1) is 0 Å². The first kappa shape index (κ1) is 18.4. The van der Waals surface area contributed by atoms with Gasteiger partial charge in [-0.1, -0.05) is 22.9 Å². The summed E-state index contributed by atoms with van der Waals surface area (Å²) in [6.07, 6.45) is 2.06. The summed E-state index contributed by atoms with van der Waals surface area (Å²) in [6, 6.07) is 10.9. The van der Waals surface area contributed by atoms with Crippen molar-refractivity contribution in [1.82, 2.24) is 4.57 Å². The summed E-state index contributed by atoms with van der Waals surface area (Å²) >= 11 is 9.34. The number of thioether (sulfide) groups is 1. The van der Waals surface area contributed by atoms with Gasteiger partial charge in [0.2, 0.25) is 0 Å². The molecule has 1 aliphatic heterocycles. The normalized spacial score (nSPS) is 13.9. The fraction of sp³-hybridized carbons (Fsp3) is 0.263. The van der Waals surface area contributed by atoms with Crippen LogP contribution >= 0.6 is 34.7 Å². The highest BCUT2D eigenvalue weighted by molar-refractivity contribution is 7.98. The molecule has 1 amide bonds. The maximum atomic E-state index is 12.8. The third-order valence-corrected chi connectivity index (χ3v) is 6.02. The van der Waals surface area contributed by atoms with E-state index in [4.69, 9.17) is 21.1 Å². The fourth-order valence-electron chi connectivity index (χ4n) is 2.86. The van der Waals surface area contributed by atoms with Crippen LogP contribution in [0.15, 0.2) is 41.4 Å². The SMILES string of the molecule is CSCCn1c(=NC(=O)c2ccc3c(c2)OCCO3)sc2cc(Cl)ccc21. The minimum atomic E-state index is -0.303. The Morgan fingerprint density at radius 1 is 1.22 bits per heavy atom. The van der Waals surface area contributed by atoms with Gasteiger partial charge < -0.3 is 14.0 Å². The smallest absolute Gasteiger partial charge is 0.279 e. The second kappa shape index (κ2) is 7.96. The molecule has 0 saturated carbocycles. The lowest BCUT2D eigenvalue weighted by atomic mass is 10.2. The number of aromatic nitrogens is 1. The van der Waals surface area contributed by atoms with Crippen molar-refractivity contribution in [3.63, 3.8) is 0 Å². The molecule has 0 atom stereocenters. The number of fused-ring (bicyclic) bond motifs is 2. The van der Waals surface area contributed by atoms with Crippen LogP contribution < -0.4 is 14.3 Å². The lowest BCUT2D eigenvalue weighted by Crippen LogP contribution is -2.18. The molecule has 0 spiro atoms. The van der Waals surface area contributed by atoms with E-state index in [1.165, 1.54) is 11.3 Å². The van der Waals surface area contributed by atoms with Crippen molar-refractivity contribution in [2.45, 2.75) is 6.54 Å². The van der Waals surface area contributed by atoms with Gasteiger partial charge in [-0.05, 0) is 42.7 Å². The third kappa shape index (κ3) is 3.85. The van der Waals surface area contributed by atoms with Crippen LogP contribution in [0.5, 0.6) is 11.5 Å². The molecule has 0 aliphatic carbocycles. The van der Waals surface area contributed by atoms with Gasteiger partial charge in [0, 0.05) is 22.9 Å². The number of thiazole rings is 1. The van der Waals surface area contributed by atoms with Gasteiger partial charge in [0.25, 0.3) is 5.91 Å². The number of carbonyl (C=O) groups excluding carboxylic acids is 1. The van der Waals surface area contributed by atoms with Crippen LogP contribution in [0.3, 0.4) is 0 Å². The summed E-state index contributed by atoms with van der Waals surface area (Å²) in [5, 5.41) is 0.672. The zero-order valence-corrected chi connectivity index (χ0v) is 17.0. The molecule has 8 heteroatoms. The van der Waals surface area contributed by atoms with Gasteiger partial charge in [-0.2, -0.15) is 16.8 Å². The maximum absolute atomic E-state index is 12.8. The molecule has 2 heterocycles.